The van der Waals surface area contributed by atoms with E-state index in [9.17, 15) is 10.2 Å². The SMILES string of the molecule is CC(C)CCC[C@@H](C)[C@H]1CC[C@H]2C3=C[C@@H](NCCc4cnc[nH]4)[C@@]4(O)C[C@@H](O)CC[C@]4(C)[C@H]3CC[C@]12C. The van der Waals surface area contributed by atoms with Gasteiger partial charge < -0.3 is 20.5 Å². The Morgan fingerprint density at radius 3 is 2.62 bits per heavy atom. The molecule has 3 saturated carbocycles. The van der Waals surface area contributed by atoms with Crippen LogP contribution >= 0.6 is 0 Å². The molecule has 37 heavy (non-hydrogen) atoms. The summed E-state index contributed by atoms with van der Waals surface area (Å²) in [6.45, 7) is 13.0. The molecule has 0 radical (unpaired) electrons. The summed E-state index contributed by atoms with van der Waals surface area (Å²) >= 11 is 0. The van der Waals surface area contributed by atoms with Crippen molar-refractivity contribution in [2.24, 2.45) is 40.4 Å². The second-order valence-electron chi connectivity index (χ2n) is 14.3. The van der Waals surface area contributed by atoms with Gasteiger partial charge in [-0.25, -0.2) is 4.98 Å². The monoisotopic (exact) mass is 511 g/mol. The van der Waals surface area contributed by atoms with Gasteiger partial charge in [-0.15, -0.1) is 0 Å². The number of fused-ring (bicyclic) bond motifs is 5. The number of hydrogen-bond acceptors (Lipinski definition) is 4. The molecular formula is C32H53N3O2. The van der Waals surface area contributed by atoms with Gasteiger partial charge in [0.15, 0.2) is 0 Å². The van der Waals surface area contributed by atoms with Crippen molar-refractivity contribution in [3.63, 3.8) is 0 Å². The predicted molar refractivity (Wildman–Crippen MR) is 150 cm³/mol. The molecule has 3 fully saturated rings. The number of rotatable bonds is 9. The van der Waals surface area contributed by atoms with E-state index in [2.05, 4.69) is 56.0 Å². The van der Waals surface area contributed by atoms with Crippen LogP contribution < -0.4 is 5.32 Å². The van der Waals surface area contributed by atoms with Gasteiger partial charge in [-0.3, -0.25) is 0 Å². The summed E-state index contributed by atoms with van der Waals surface area (Å²) in [5, 5.41) is 26.8. The van der Waals surface area contributed by atoms with Crippen LogP contribution in [0, 0.1) is 40.4 Å². The fourth-order valence-corrected chi connectivity index (χ4v) is 9.62. The molecule has 5 heteroatoms. The van der Waals surface area contributed by atoms with Crippen molar-refractivity contribution in [1.82, 2.24) is 15.3 Å². The van der Waals surface area contributed by atoms with Gasteiger partial charge in [0.2, 0.25) is 0 Å². The Hall–Kier alpha value is -1.17. The summed E-state index contributed by atoms with van der Waals surface area (Å²) in [4.78, 5) is 7.36. The summed E-state index contributed by atoms with van der Waals surface area (Å²) in [6, 6.07) is -0.119. The van der Waals surface area contributed by atoms with Crippen LogP contribution in [0.15, 0.2) is 24.2 Å². The Kier molecular flexibility index (Phi) is 7.72. The van der Waals surface area contributed by atoms with E-state index in [1.165, 1.54) is 44.9 Å². The Morgan fingerprint density at radius 2 is 1.89 bits per heavy atom. The van der Waals surface area contributed by atoms with Crippen molar-refractivity contribution in [2.75, 3.05) is 6.54 Å². The normalized spacial score (nSPS) is 42.2. The van der Waals surface area contributed by atoms with Gasteiger partial charge >= 0.3 is 0 Å². The highest BCUT2D eigenvalue weighted by atomic mass is 16.3. The van der Waals surface area contributed by atoms with E-state index in [0.717, 1.165) is 49.3 Å². The summed E-state index contributed by atoms with van der Waals surface area (Å²) in [7, 11) is 0. The number of nitrogens with zero attached hydrogens (tertiary/aromatic N) is 1. The summed E-state index contributed by atoms with van der Waals surface area (Å²) in [5.74, 6) is 3.46. The van der Waals surface area contributed by atoms with Crippen LogP contribution in [0.1, 0.15) is 105 Å². The lowest BCUT2D eigenvalue weighted by atomic mass is 9.45. The zero-order valence-corrected chi connectivity index (χ0v) is 24.1. The van der Waals surface area contributed by atoms with Crippen molar-refractivity contribution in [3.05, 3.63) is 29.9 Å². The molecule has 0 saturated heterocycles. The summed E-state index contributed by atoms with van der Waals surface area (Å²) in [5.41, 5.74) is 2.03. The fraction of sp³-hybridized carbons (Fsp3) is 0.844. The first-order valence-corrected chi connectivity index (χ1v) is 15.4. The summed E-state index contributed by atoms with van der Waals surface area (Å²) < 4.78 is 0. The zero-order valence-electron chi connectivity index (χ0n) is 24.1. The maximum atomic E-state index is 12.4. The molecule has 1 aromatic heterocycles. The van der Waals surface area contributed by atoms with Gasteiger partial charge in [0.25, 0.3) is 0 Å². The quantitative estimate of drug-likeness (QED) is 0.305. The van der Waals surface area contributed by atoms with Crippen LogP contribution in [0.5, 0.6) is 0 Å². The Bertz CT molecular complexity index is 944. The Balaban J connectivity index is 1.40. The number of allylic oxidation sites excluding steroid dienone is 1. The van der Waals surface area contributed by atoms with Gasteiger partial charge in [-0.05, 0) is 73.5 Å². The maximum absolute atomic E-state index is 12.4. The van der Waals surface area contributed by atoms with Crippen LogP contribution in [0.3, 0.4) is 0 Å². The first-order chi connectivity index (χ1) is 17.6. The number of imidazole rings is 1. The Morgan fingerprint density at radius 1 is 1.08 bits per heavy atom. The van der Waals surface area contributed by atoms with Crippen LogP contribution in [0.4, 0.5) is 0 Å². The van der Waals surface area contributed by atoms with E-state index in [-0.39, 0.29) is 11.5 Å². The topological polar surface area (TPSA) is 81.2 Å². The van der Waals surface area contributed by atoms with Gasteiger partial charge in [0.1, 0.15) is 0 Å². The number of aromatic nitrogens is 2. The van der Waals surface area contributed by atoms with E-state index in [1.807, 2.05) is 6.20 Å². The van der Waals surface area contributed by atoms with E-state index in [0.29, 0.717) is 23.7 Å². The molecular weight excluding hydrogens is 458 g/mol. The molecule has 0 amide bonds. The molecule has 0 spiro atoms. The number of H-pyrrole nitrogens is 1. The van der Waals surface area contributed by atoms with Crippen molar-refractivity contribution >= 4 is 0 Å². The van der Waals surface area contributed by atoms with Gasteiger partial charge in [0.05, 0.1) is 24.1 Å². The molecule has 4 aliphatic rings. The molecule has 0 unspecified atom stereocenters. The third-order valence-corrected chi connectivity index (χ3v) is 11.8. The minimum atomic E-state index is -0.914. The third-order valence-electron chi connectivity index (χ3n) is 11.8. The van der Waals surface area contributed by atoms with E-state index >= 15 is 0 Å². The molecule has 1 heterocycles. The van der Waals surface area contributed by atoms with Crippen molar-refractivity contribution in [2.45, 2.75) is 123 Å². The van der Waals surface area contributed by atoms with Gasteiger partial charge in [-0.1, -0.05) is 65.5 Å². The zero-order chi connectivity index (χ0) is 26.4. The Labute approximate surface area is 225 Å². The molecule has 5 nitrogen and oxygen atoms in total. The van der Waals surface area contributed by atoms with Crippen LogP contribution in [-0.4, -0.2) is 44.5 Å². The molecule has 0 aliphatic heterocycles. The number of aromatic amines is 1. The summed E-state index contributed by atoms with van der Waals surface area (Å²) in [6.07, 6.45) is 17.9. The van der Waals surface area contributed by atoms with Crippen molar-refractivity contribution in [3.8, 4) is 0 Å². The van der Waals surface area contributed by atoms with E-state index < -0.39 is 11.7 Å². The first-order valence-electron chi connectivity index (χ1n) is 15.4. The maximum Gasteiger partial charge on any atom is 0.0921 e. The second kappa shape index (κ2) is 10.4. The van der Waals surface area contributed by atoms with Gasteiger partial charge in [0, 0.05) is 36.7 Å². The highest BCUT2D eigenvalue weighted by Gasteiger charge is 2.64. The number of nitrogens with one attached hydrogen (secondary N) is 2. The van der Waals surface area contributed by atoms with Crippen LogP contribution in [-0.2, 0) is 6.42 Å². The van der Waals surface area contributed by atoms with Crippen molar-refractivity contribution < 1.29 is 10.2 Å². The van der Waals surface area contributed by atoms with E-state index in [1.54, 1.807) is 11.9 Å². The van der Waals surface area contributed by atoms with Crippen LogP contribution in [0.2, 0.25) is 0 Å². The molecule has 0 bridgehead atoms. The molecule has 0 aromatic carbocycles. The lowest BCUT2D eigenvalue weighted by molar-refractivity contribution is -0.181. The second-order valence-corrected chi connectivity index (χ2v) is 14.3. The number of aliphatic hydroxyl groups is 2. The molecule has 9 atom stereocenters. The third kappa shape index (κ3) is 4.76. The van der Waals surface area contributed by atoms with E-state index in [4.69, 9.17) is 0 Å². The highest BCUT2D eigenvalue weighted by Crippen LogP contribution is 2.67. The lowest BCUT2D eigenvalue weighted by Crippen LogP contribution is -2.68. The highest BCUT2D eigenvalue weighted by molar-refractivity contribution is 5.34. The fourth-order valence-electron chi connectivity index (χ4n) is 9.62. The standard InChI is InChI=1S/C32H53N3O2/c1-21(2)7-6-8-22(3)26-9-10-27-25-17-29(34-16-13-23-19-33-20-35-23)32(37)18-24(36)11-15-31(32,5)28(25)12-14-30(26,27)4/h17,19-22,24,26-29,34,36-37H,6-16,18H2,1-5H3,(H,33,35)/t22-,24+,26-,27+,28+,29-,30-,31-,32+/m1/s1. The van der Waals surface area contributed by atoms with Gasteiger partial charge in [-0.2, -0.15) is 0 Å². The molecule has 4 N–H and O–H groups in total. The molecule has 1 aromatic rings. The number of hydrogen-bond donors (Lipinski definition) is 4. The lowest BCUT2D eigenvalue weighted by Gasteiger charge is -2.63. The van der Waals surface area contributed by atoms with Crippen molar-refractivity contribution in [1.29, 1.82) is 0 Å². The predicted octanol–water partition coefficient (Wildman–Crippen LogP) is 6.04. The largest absolute Gasteiger partial charge is 0.393 e. The smallest absolute Gasteiger partial charge is 0.0921 e. The number of aliphatic hydroxyl groups excluding tert-OH is 1. The minimum absolute atomic E-state index is 0.119. The first kappa shape index (κ1) is 27.4. The average Bonchev–Trinajstić information content (AvgIpc) is 3.48. The molecule has 208 valence electrons. The molecule has 5 rings (SSSR count). The molecule has 4 aliphatic carbocycles. The average molecular weight is 512 g/mol. The van der Waals surface area contributed by atoms with Crippen LogP contribution in [0.25, 0.3) is 0 Å². The minimum Gasteiger partial charge on any atom is -0.393 e.